The lowest BCUT2D eigenvalue weighted by Crippen LogP contribution is -2.33. The average Bonchev–Trinajstić information content (AvgIpc) is 2.46. The molecule has 0 bridgehead atoms. The van der Waals surface area contributed by atoms with Crippen molar-refractivity contribution in [3.8, 4) is 5.75 Å². The van der Waals surface area contributed by atoms with E-state index in [1.165, 1.54) is 5.56 Å². The highest BCUT2D eigenvalue weighted by molar-refractivity contribution is 5.85. The summed E-state index contributed by atoms with van der Waals surface area (Å²) < 4.78 is 5.75. The highest BCUT2D eigenvalue weighted by Gasteiger charge is 2.23. The Bertz CT molecular complexity index is 476. The fourth-order valence-electron chi connectivity index (χ4n) is 1.89. The zero-order valence-corrected chi connectivity index (χ0v) is 13.8. The quantitative estimate of drug-likeness (QED) is 0.346. The Labute approximate surface area is 128 Å². The maximum absolute atomic E-state index is 8.74. The molecule has 0 aliphatic rings. The number of nitrogens with two attached hydrogens (primary N) is 1. The van der Waals surface area contributed by atoms with Crippen molar-refractivity contribution in [3.05, 3.63) is 29.8 Å². The van der Waals surface area contributed by atoms with Crippen molar-refractivity contribution in [1.82, 2.24) is 0 Å². The van der Waals surface area contributed by atoms with Gasteiger partial charge in [0.25, 0.3) is 0 Å². The minimum atomic E-state index is -0.376. The van der Waals surface area contributed by atoms with E-state index in [-0.39, 0.29) is 16.7 Å². The second-order valence-corrected chi connectivity index (χ2v) is 6.73. The minimum absolute atomic E-state index is 0.187. The standard InChI is InChI=1S/C17H28N2O2/c1-6-16(2,3)13-7-9-14(10-8-13)21-12-11-17(4,5)15(18)19-20/h7-10,20H,6,11-12H2,1-5H3,(H2,18,19). The van der Waals surface area contributed by atoms with Gasteiger partial charge in [-0.2, -0.15) is 0 Å². The molecule has 0 heterocycles. The van der Waals surface area contributed by atoms with Crippen LogP contribution in [0.3, 0.4) is 0 Å². The van der Waals surface area contributed by atoms with Crippen molar-refractivity contribution < 1.29 is 9.94 Å². The molecule has 0 aromatic heterocycles. The van der Waals surface area contributed by atoms with Crippen LogP contribution in [0.5, 0.6) is 5.75 Å². The summed E-state index contributed by atoms with van der Waals surface area (Å²) in [4.78, 5) is 0. The fraction of sp³-hybridized carbons (Fsp3) is 0.588. The molecule has 0 saturated heterocycles. The van der Waals surface area contributed by atoms with E-state index >= 15 is 0 Å². The molecular formula is C17H28N2O2. The van der Waals surface area contributed by atoms with E-state index in [1.807, 2.05) is 26.0 Å². The zero-order chi connectivity index (χ0) is 16.1. The lowest BCUT2D eigenvalue weighted by Gasteiger charge is -2.24. The lowest BCUT2D eigenvalue weighted by atomic mass is 9.82. The van der Waals surface area contributed by atoms with Gasteiger partial charge in [-0.25, -0.2) is 0 Å². The first kappa shape index (κ1) is 17.3. The van der Waals surface area contributed by atoms with Gasteiger partial charge < -0.3 is 15.7 Å². The molecule has 118 valence electrons. The van der Waals surface area contributed by atoms with Crippen LogP contribution in [-0.4, -0.2) is 17.6 Å². The molecule has 21 heavy (non-hydrogen) atoms. The van der Waals surface area contributed by atoms with E-state index in [0.717, 1.165) is 12.2 Å². The maximum atomic E-state index is 8.74. The van der Waals surface area contributed by atoms with Gasteiger partial charge in [-0.1, -0.05) is 51.9 Å². The largest absolute Gasteiger partial charge is 0.494 e. The predicted molar refractivity (Wildman–Crippen MR) is 87.1 cm³/mol. The molecule has 1 aromatic carbocycles. The van der Waals surface area contributed by atoms with Crippen molar-refractivity contribution in [2.45, 2.75) is 52.9 Å². The first-order valence-electron chi connectivity index (χ1n) is 7.44. The van der Waals surface area contributed by atoms with Crippen LogP contribution < -0.4 is 10.5 Å². The summed E-state index contributed by atoms with van der Waals surface area (Å²) in [5.74, 6) is 1.08. The Balaban J connectivity index is 2.58. The molecule has 0 spiro atoms. The summed E-state index contributed by atoms with van der Waals surface area (Å²) in [7, 11) is 0. The lowest BCUT2D eigenvalue weighted by molar-refractivity contribution is 0.259. The van der Waals surface area contributed by atoms with Gasteiger partial charge in [0.15, 0.2) is 0 Å². The normalized spacial score (nSPS) is 13.3. The SMILES string of the molecule is CCC(C)(C)c1ccc(OCCC(C)(C)C(N)=NO)cc1. The molecule has 0 atom stereocenters. The first-order chi connectivity index (χ1) is 9.73. The number of hydrogen-bond donors (Lipinski definition) is 2. The van der Waals surface area contributed by atoms with E-state index in [1.54, 1.807) is 0 Å². The molecule has 0 aliphatic heterocycles. The number of nitrogens with zero attached hydrogens (tertiary/aromatic N) is 1. The van der Waals surface area contributed by atoms with E-state index < -0.39 is 0 Å². The van der Waals surface area contributed by atoms with Crippen LogP contribution in [0, 0.1) is 5.41 Å². The molecule has 0 amide bonds. The van der Waals surface area contributed by atoms with Crippen molar-refractivity contribution >= 4 is 5.84 Å². The molecule has 0 saturated carbocycles. The number of hydrogen-bond acceptors (Lipinski definition) is 3. The fourth-order valence-corrected chi connectivity index (χ4v) is 1.89. The van der Waals surface area contributed by atoms with Gasteiger partial charge in [-0.15, -0.1) is 0 Å². The first-order valence-corrected chi connectivity index (χ1v) is 7.44. The Hall–Kier alpha value is -1.71. The van der Waals surface area contributed by atoms with Gasteiger partial charge in [0.1, 0.15) is 11.6 Å². The number of amidine groups is 1. The summed E-state index contributed by atoms with van der Waals surface area (Å²) >= 11 is 0. The van der Waals surface area contributed by atoms with Crippen molar-refractivity contribution in [2.24, 2.45) is 16.3 Å². The van der Waals surface area contributed by atoms with Gasteiger partial charge in [0, 0.05) is 5.41 Å². The monoisotopic (exact) mass is 292 g/mol. The summed E-state index contributed by atoms with van der Waals surface area (Å²) in [5.41, 5.74) is 6.78. The number of rotatable bonds is 7. The topological polar surface area (TPSA) is 67.8 Å². The molecule has 4 heteroatoms. The Morgan fingerprint density at radius 3 is 2.24 bits per heavy atom. The molecule has 0 unspecified atom stereocenters. The minimum Gasteiger partial charge on any atom is -0.494 e. The number of ether oxygens (including phenoxy) is 1. The number of oxime groups is 1. The van der Waals surface area contributed by atoms with Crippen LogP contribution in [0.2, 0.25) is 0 Å². The van der Waals surface area contributed by atoms with Crippen LogP contribution in [0.15, 0.2) is 29.4 Å². The predicted octanol–water partition coefficient (Wildman–Crippen LogP) is 3.92. The van der Waals surface area contributed by atoms with Crippen LogP contribution in [-0.2, 0) is 5.41 Å². The van der Waals surface area contributed by atoms with Gasteiger partial charge in [0.05, 0.1) is 6.61 Å². The molecule has 0 aliphatic carbocycles. The maximum Gasteiger partial charge on any atom is 0.144 e. The summed E-state index contributed by atoms with van der Waals surface area (Å²) in [5, 5.41) is 11.8. The third-order valence-electron chi connectivity index (χ3n) is 4.32. The van der Waals surface area contributed by atoms with Gasteiger partial charge >= 0.3 is 0 Å². The smallest absolute Gasteiger partial charge is 0.144 e. The molecule has 4 nitrogen and oxygen atoms in total. The van der Waals surface area contributed by atoms with Crippen LogP contribution in [0.25, 0.3) is 0 Å². The van der Waals surface area contributed by atoms with E-state index in [9.17, 15) is 0 Å². The van der Waals surface area contributed by atoms with Crippen molar-refractivity contribution in [1.29, 1.82) is 0 Å². The summed E-state index contributed by atoms with van der Waals surface area (Å²) in [6, 6.07) is 8.24. The van der Waals surface area contributed by atoms with Crippen LogP contribution in [0.4, 0.5) is 0 Å². The van der Waals surface area contributed by atoms with Crippen molar-refractivity contribution in [3.63, 3.8) is 0 Å². The highest BCUT2D eigenvalue weighted by Crippen LogP contribution is 2.28. The van der Waals surface area contributed by atoms with Gasteiger partial charge in [0.2, 0.25) is 0 Å². The molecule has 0 radical (unpaired) electrons. The number of benzene rings is 1. The van der Waals surface area contributed by atoms with Crippen molar-refractivity contribution in [2.75, 3.05) is 6.61 Å². The van der Waals surface area contributed by atoms with Crippen LogP contribution in [0.1, 0.15) is 53.0 Å². The third kappa shape index (κ3) is 4.66. The third-order valence-corrected chi connectivity index (χ3v) is 4.32. The van der Waals surface area contributed by atoms with Gasteiger partial charge in [-0.3, -0.25) is 0 Å². The Morgan fingerprint density at radius 1 is 1.19 bits per heavy atom. The second kappa shape index (κ2) is 6.83. The van der Waals surface area contributed by atoms with Crippen LogP contribution >= 0.6 is 0 Å². The molecule has 3 N–H and O–H groups in total. The zero-order valence-electron chi connectivity index (χ0n) is 13.8. The Kier molecular flexibility index (Phi) is 5.64. The molecular weight excluding hydrogens is 264 g/mol. The second-order valence-electron chi connectivity index (χ2n) is 6.73. The van der Waals surface area contributed by atoms with Gasteiger partial charge in [-0.05, 0) is 36.0 Å². The average molecular weight is 292 g/mol. The van der Waals surface area contributed by atoms with E-state index in [0.29, 0.717) is 13.0 Å². The van der Waals surface area contributed by atoms with E-state index in [4.69, 9.17) is 15.7 Å². The molecule has 0 fully saturated rings. The molecule has 1 rings (SSSR count). The summed E-state index contributed by atoms with van der Waals surface area (Å²) in [6.07, 6.45) is 1.78. The Morgan fingerprint density at radius 2 is 1.76 bits per heavy atom. The molecule has 1 aromatic rings. The highest BCUT2D eigenvalue weighted by atomic mass is 16.5. The van der Waals surface area contributed by atoms with E-state index in [2.05, 4.69) is 38.1 Å². The summed E-state index contributed by atoms with van der Waals surface area (Å²) in [6.45, 7) is 11.1.